The van der Waals surface area contributed by atoms with Crippen LogP contribution in [0.25, 0.3) is 0 Å². The molecule has 1 aromatic carbocycles. The third-order valence-corrected chi connectivity index (χ3v) is 4.00. The van der Waals surface area contributed by atoms with Gasteiger partial charge < -0.3 is 20.3 Å². The summed E-state index contributed by atoms with van der Waals surface area (Å²) in [6.45, 7) is 2.04. The normalized spacial score (nSPS) is 16.7. The lowest BCUT2D eigenvalue weighted by molar-refractivity contribution is -0.133. The number of carbonyl (C=O) groups excluding carboxylic acids is 2. The summed E-state index contributed by atoms with van der Waals surface area (Å²) < 4.78 is 5.13. The summed E-state index contributed by atoms with van der Waals surface area (Å²) in [7, 11) is 3.48. The maximum absolute atomic E-state index is 12.4. The van der Waals surface area contributed by atoms with E-state index in [4.69, 9.17) is 4.74 Å². The van der Waals surface area contributed by atoms with Crippen molar-refractivity contribution < 1.29 is 14.3 Å². The van der Waals surface area contributed by atoms with Crippen LogP contribution in [0, 0.1) is 0 Å². The maximum atomic E-state index is 12.4. The molecule has 1 atom stereocenters. The molecule has 0 radical (unpaired) electrons. The van der Waals surface area contributed by atoms with Crippen molar-refractivity contribution in [3.63, 3.8) is 0 Å². The largest absolute Gasteiger partial charge is 0.497 e. The first kappa shape index (κ1) is 20.3. The second kappa shape index (κ2) is 10.2. The summed E-state index contributed by atoms with van der Waals surface area (Å²) in [6.07, 6.45) is 1.90. The average molecular weight is 356 g/mol. The molecule has 2 rings (SSSR count). The van der Waals surface area contributed by atoms with Crippen molar-refractivity contribution in [3.05, 3.63) is 29.8 Å². The first-order valence-electron chi connectivity index (χ1n) is 7.99. The Labute approximate surface area is 149 Å². The van der Waals surface area contributed by atoms with Crippen LogP contribution in [0.4, 0.5) is 0 Å². The molecule has 0 aliphatic carbocycles. The summed E-state index contributed by atoms with van der Waals surface area (Å²) in [5, 5.41) is 5.85. The SMILES string of the molecule is CNCCCC(=O)NC1CCN(Cc2ccc(OC)cc2)C1=O.Cl. The number of ether oxygens (including phenoxy) is 1. The molecular weight excluding hydrogens is 330 g/mol. The number of halogens is 1. The van der Waals surface area contributed by atoms with Gasteiger partial charge in [0.15, 0.2) is 0 Å². The van der Waals surface area contributed by atoms with Crippen LogP contribution in [0.1, 0.15) is 24.8 Å². The van der Waals surface area contributed by atoms with Gasteiger partial charge in [-0.15, -0.1) is 12.4 Å². The van der Waals surface area contributed by atoms with E-state index < -0.39 is 0 Å². The smallest absolute Gasteiger partial charge is 0.245 e. The number of benzene rings is 1. The number of methoxy groups -OCH3 is 1. The minimum atomic E-state index is -0.379. The lowest BCUT2D eigenvalue weighted by Crippen LogP contribution is -2.41. The second-order valence-electron chi connectivity index (χ2n) is 5.72. The van der Waals surface area contributed by atoms with Gasteiger partial charge in [0.1, 0.15) is 11.8 Å². The third kappa shape index (κ3) is 5.69. The van der Waals surface area contributed by atoms with Crippen molar-refractivity contribution in [2.45, 2.75) is 31.8 Å². The molecule has 6 nitrogen and oxygen atoms in total. The molecule has 1 fully saturated rings. The van der Waals surface area contributed by atoms with Gasteiger partial charge in [-0.1, -0.05) is 12.1 Å². The van der Waals surface area contributed by atoms with E-state index in [1.165, 1.54) is 0 Å². The minimum absolute atomic E-state index is 0. The Morgan fingerprint density at radius 3 is 2.67 bits per heavy atom. The Kier molecular flexibility index (Phi) is 8.57. The molecule has 1 aliphatic rings. The lowest BCUT2D eigenvalue weighted by atomic mass is 10.2. The van der Waals surface area contributed by atoms with E-state index in [1.807, 2.05) is 31.3 Å². The van der Waals surface area contributed by atoms with Crippen LogP contribution >= 0.6 is 12.4 Å². The molecule has 2 amide bonds. The zero-order valence-electron chi connectivity index (χ0n) is 14.2. The predicted octanol–water partition coefficient (Wildman–Crippen LogP) is 1.33. The standard InChI is InChI=1S/C17H25N3O3.ClH/c1-18-10-3-4-16(21)19-15-9-11-20(17(15)22)12-13-5-7-14(23-2)8-6-13;/h5-8,15,18H,3-4,9-12H2,1-2H3,(H,19,21);1H. The fourth-order valence-corrected chi connectivity index (χ4v) is 2.67. The van der Waals surface area contributed by atoms with E-state index in [9.17, 15) is 9.59 Å². The van der Waals surface area contributed by atoms with E-state index in [0.717, 1.165) is 24.3 Å². The second-order valence-corrected chi connectivity index (χ2v) is 5.72. The molecule has 7 heteroatoms. The molecule has 0 aromatic heterocycles. The van der Waals surface area contributed by atoms with Crippen LogP contribution in [0.15, 0.2) is 24.3 Å². The van der Waals surface area contributed by atoms with Crippen molar-refractivity contribution in [2.75, 3.05) is 27.2 Å². The molecule has 1 aliphatic heterocycles. The van der Waals surface area contributed by atoms with Gasteiger partial charge in [0.25, 0.3) is 0 Å². The summed E-state index contributed by atoms with van der Waals surface area (Å²) in [5.41, 5.74) is 1.06. The van der Waals surface area contributed by atoms with E-state index in [1.54, 1.807) is 12.0 Å². The summed E-state index contributed by atoms with van der Waals surface area (Å²) in [5.74, 6) is 0.751. The Hall–Kier alpha value is -1.79. The Bertz CT molecular complexity index is 536. The van der Waals surface area contributed by atoms with Crippen molar-refractivity contribution in [1.82, 2.24) is 15.5 Å². The van der Waals surface area contributed by atoms with Gasteiger partial charge in [0, 0.05) is 19.5 Å². The molecule has 0 saturated carbocycles. The topological polar surface area (TPSA) is 70.7 Å². The molecular formula is C17H26ClN3O3. The number of carbonyl (C=O) groups is 2. The molecule has 2 N–H and O–H groups in total. The lowest BCUT2D eigenvalue weighted by Gasteiger charge is -2.17. The molecule has 24 heavy (non-hydrogen) atoms. The van der Waals surface area contributed by atoms with Gasteiger partial charge >= 0.3 is 0 Å². The highest BCUT2D eigenvalue weighted by molar-refractivity contribution is 5.89. The first-order chi connectivity index (χ1) is 11.1. The zero-order chi connectivity index (χ0) is 16.7. The quantitative estimate of drug-likeness (QED) is 0.690. The van der Waals surface area contributed by atoms with Gasteiger partial charge in [-0.25, -0.2) is 0 Å². The number of nitrogens with one attached hydrogen (secondary N) is 2. The highest BCUT2D eigenvalue weighted by Crippen LogP contribution is 2.17. The Balaban J connectivity index is 0.00000288. The molecule has 1 saturated heterocycles. The predicted molar refractivity (Wildman–Crippen MR) is 95.4 cm³/mol. The number of hydrogen-bond acceptors (Lipinski definition) is 4. The summed E-state index contributed by atoms with van der Waals surface area (Å²) >= 11 is 0. The molecule has 1 unspecified atom stereocenters. The van der Waals surface area contributed by atoms with Gasteiger partial charge in [-0.2, -0.15) is 0 Å². The number of hydrogen-bond donors (Lipinski definition) is 2. The number of nitrogens with zero attached hydrogens (tertiary/aromatic N) is 1. The van der Waals surface area contributed by atoms with E-state index in [0.29, 0.717) is 25.9 Å². The van der Waals surface area contributed by atoms with Gasteiger partial charge in [0.2, 0.25) is 11.8 Å². The maximum Gasteiger partial charge on any atom is 0.245 e. The molecule has 134 valence electrons. The Morgan fingerprint density at radius 1 is 1.33 bits per heavy atom. The fraction of sp³-hybridized carbons (Fsp3) is 0.529. The summed E-state index contributed by atoms with van der Waals surface area (Å²) in [4.78, 5) is 26.0. The van der Waals surface area contributed by atoms with Gasteiger partial charge in [-0.05, 0) is 44.1 Å². The number of rotatable bonds is 8. The van der Waals surface area contributed by atoms with Crippen LogP contribution < -0.4 is 15.4 Å². The van der Waals surface area contributed by atoms with Crippen molar-refractivity contribution >= 4 is 24.2 Å². The van der Waals surface area contributed by atoms with E-state index >= 15 is 0 Å². The van der Waals surface area contributed by atoms with Crippen molar-refractivity contribution in [2.24, 2.45) is 0 Å². The minimum Gasteiger partial charge on any atom is -0.497 e. The van der Waals surface area contributed by atoms with Crippen molar-refractivity contribution in [1.29, 1.82) is 0 Å². The summed E-state index contributed by atoms with van der Waals surface area (Å²) in [6, 6.07) is 7.30. The highest BCUT2D eigenvalue weighted by atomic mass is 35.5. The molecule has 1 aromatic rings. The van der Waals surface area contributed by atoms with Crippen LogP contribution in [0.2, 0.25) is 0 Å². The van der Waals surface area contributed by atoms with E-state index in [2.05, 4.69) is 10.6 Å². The van der Waals surface area contributed by atoms with Crippen LogP contribution in [-0.2, 0) is 16.1 Å². The molecule has 0 bridgehead atoms. The fourth-order valence-electron chi connectivity index (χ4n) is 2.67. The average Bonchev–Trinajstić information content (AvgIpc) is 2.89. The Morgan fingerprint density at radius 2 is 2.04 bits per heavy atom. The van der Waals surface area contributed by atoms with Gasteiger partial charge in [-0.3, -0.25) is 9.59 Å². The molecule has 1 heterocycles. The monoisotopic (exact) mass is 355 g/mol. The number of amides is 2. The van der Waals surface area contributed by atoms with Crippen LogP contribution in [-0.4, -0.2) is 50.0 Å². The third-order valence-electron chi connectivity index (χ3n) is 4.00. The number of likely N-dealkylation sites (tertiary alicyclic amines) is 1. The van der Waals surface area contributed by atoms with Gasteiger partial charge in [0.05, 0.1) is 7.11 Å². The zero-order valence-corrected chi connectivity index (χ0v) is 15.0. The van der Waals surface area contributed by atoms with Crippen molar-refractivity contribution in [3.8, 4) is 5.75 Å². The molecule has 0 spiro atoms. The first-order valence-corrected chi connectivity index (χ1v) is 7.99. The van der Waals surface area contributed by atoms with E-state index in [-0.39, 0.29) is 30.3 Å². The highest BCUT2D eigenvalue weighted by Gasteiger charge is 2.32. The van der Waals surface area contributed by atoms with Crippen LogP contribution in [0.3, 0.4) is 0 Å². The van der Waals surface area contributed by atoms with Crippen LogP contribution in [0.5, 0.6) is 5.75 Å².